The van der Waals surface area contributed by atoms with Gasteiger partial charge in [0, 0.05) is 42.9 Å². The molecule has 1 aliphatic heterocycles. The Bertz CT molecular complexity index is 1510. The van der Waals surface area contributed by atoms with Gasteiger partial charge in [0.1, 0.15) is 17.8 Å². The van der Waals surface area contributed by atoms with Crippen molar-refractivity contribution < 1.29 is 9.59 Å². The Kier molecular flexibility index (Phi) is 5.67. The molecule has 1 saturated carbocycles. The van der Waals surface area contributed by atoms with Crippen molar-refractivity contribution in [3.8, 4) is 22.4 Å². The fraction of sp³-hybridized carbons (Fsp3) is 0.310. The number of nitrogens with zero attached hydrogens (tertiary/aromatic N) is 4. The van der Waals surface area contributed by atoms with Crippen molar-refractivity contribution in [1.82, 2.24) is 19.4 Å². The molecule has 0 radical (unpaired) electrons. The van der Waals surface area contributed by atoms with Gasteiger partial charge in [-0.2, -0.15) is 0 Å². The number of amides is 2. The zero-order valence-corrected chi connectivity index (χ0v) is 21.1. The van der Waals surface area contributed by atoms with Crippen LogP contribution in [0.3, 0.4) is 0 Å². The van der Waals surface area contributed by atoms with E-state index in [1.54, 1.807) is 0 Å². The molecular formula is C29H30N6O2. The molecule has 0 spiro atoms. The summed E-state index contributed by atoms with van der Waals surface area (Å²) < 4.78 is 2.02. The van der Waals surface area contributed by atoms with Gasteiger partial charge in [-0.05, 0) is 60.6 Å². The minimum Gasteiger partial charge on any atom is -0.383 e. The smallest absolute Gasteiger partial charge is 0.254 e. The molecule has 2 atom stereocenters. The largest absolute Gasteiger partial charge is 0.383 e. The first-order valence-electron chi connectivity index (χ1n) is 12.8. The lowest BCUT2D eigenvalue weighted by Gasteiger charge is -2.27. The van der Waals surface area contributed by atoms with Crippen LogP contribution < -0.4 is 11.1 Å². The van der Waals surface area contributed by atoms with Gasteiger partial charge in [-0.1, -0.05) is 31.2 Å². The molecule has 2 aliphatic rings. The number of carbonyl (C=O) groups is 2. The lowest BCUT2D eigenvalue weighted by atomic mass is 9.97. The van der Waals surface area contributed by atoms with E-state index in [1.807, 2.05) is 67.1 Å². The topological polar surface area (TPSA) is 106 Å². The van der Waals surface area contributed by atoms with E-state index >= 15 is 0 Å². The maximum atomic E-state index is 13.2. The number of fused-ring (bicyclic) bond motifs is 3. The van der Waals surface area contributed by atoms with E-state index in [-0.39, 0.29) is 11.8 Å². The average Bonchev–Trinajstić information content (AvgIpc) is 3.63. The van der Waals surface area contributed by atoms with Gasteiger partial charge in [-0.3, -0.25) is 9.59 Å². The number of hydrogen-bond acceptors (Lipinski definition) is 5. The van der Waals surface area contributed by atoms with Crippen molar-refractivity contribution in [2.24, 2.45) is 13.0 Å². The first-order chi connectivity index (χ1) is 17.9. The Morgan fingerprint density at radius 2 is 1.76 bits per heavy atom. The Morgan fingerprint density at radius 1 is 1.03 bits per heavy atom. The lowest BCUT2D eigenvalue weighted by molar-refractivity contribution is -0.115. The number of carbonyl (C=O) groups excluding carboxylic acids is 2. The SMILES string of the molecule is CCC(=O)Nc1ccc(-c2c(-c3ccc(C(=O)N4CC5CCC4C5)cc3)c3c(N)ncnc3n2C)cc1. The number of rotatable bonds is 5. The van der Waals surface area contributed by atoms with Crippen LogP contribution >= 0.6 is 0 Å². The minimum absolute atomic E-state index is 0.0301. The van der Waals surface area contributed by atoms with Crippen molar-refractivity contribution in [3.05, 3.63) is 60.4 Å². The summed E-state index contributed by atoms with van der Waals surface area (Å²) in [7, 11) is 1.96. The van der Waals surface area contributed by atoms with Crippen molar-refractivity contribution in [1.29, 1.82) is 0 Å². The van der Waals surface area contributed by atoms with Gasteiger partial charge in [0.05, 0.1) is 11.1 Å². The highest BCUT2D eigenvalue weighted by atomic mass is 16.2. The van der Waals surface area contributed by atoms with Crippen LogP contribution in [0.4, 0.5) is 11.5 Å². The summed E-state index contributed by atoms with van der Waals surface area (Å²) in [5.41, 5.74) is 12.3. The van der Waals surface area contributed by atoms with Crippen LogP contribution in [0.1, 0.15) is 43.0 Å². The van der Waals surface area contributed by atoms with E-state index in [9.17, 15) is 9.59 Å². The Labute approximate surface area is 215 Å². The molecule has 2 bridgehead atoms. The summed E-state index contributed by atoms with van der Waals surface area (Å²) in [6.07, 6.45) is 5.40. The van der Waals surface area contributed by atoms with Crippen LogP contribution in [0.25, 0.3) is 33.4 Å². The predicted molar refractivity (Wildman–Crippen MR) is 145 cm³/mol. The summed E-state index contributed by atoms with van der Waals surface area (Å²) in [6.45, 7) is 2.70. The molecule has 37 heavy (non-hydrogen) atoms. The standard InChI is InChI=1S/C29H30N6O2/c1-3-23(36)33-21-11-9-19(10-12-21)26-24(25-27(30)31-16-32-28(25)34(26)2)18-5-7-20(8-6-18)29(37)35-15-17-4-13-22(35)14-17/h5-12,16-17,22H,3-4,13-15H2,1-2H3,(H,33,36)(H2,30,31,32). The zero-order valence-electron chi connectivity index (χ0n) is 21.1. The zero-order chi connectivity index (χ0) is 25.7. The summed E-state index contributed by atoms with van der Waals surface area (Å²) in [5, 5.41) is 3.67. The van der Waals surface area contributed by atoms with Crippen molar-refractivity contribution in [2.75, 3.05) is 17.6 Å². The second-order valence-corrected chi connectivity index (χ2v) is 10.1. The second kappa shape index (κ2) is 9.03. The molecule has 2 amide bonds. The molecule has 2 fully saturated rings. The Hall–Kier alpha value is -4.20. The quantitative estimate of drug-likeness (QED) is 0.412. The van der Waals surface area contributed by atoms with Crippen LogP contribution in [-0.4, -0.2) is 43.8 Å². The number of nitrogen functional groups attached to an aromatic ring is 1. The number of aromatic nitrogens is 3. The molecule has 8 nitrogen and oxygen atoms in total. The van der Waals surface area contributed by atoms with Gasteiger partial charge >= 0.3 is 0 Å². The molecular weight excluding hydrogens is 464 g/mol. The summed E-state index contributed by atoms with van der Waals surface area (Å²) in [5.74, 6) is 1.15. The van der Waals surface area contributed by atoms with Crippen LogP contribution in [-0.2, 0) is 11.8 Å². The molecule has 2 aromatic carbocycles. The van der Waals surface area contributed by atoms with Crippen LogP contribution in [0.5, 0.6) is 0 Å². The molecule has 1 aliphatic carbocycles. The molecule has 3 heterocycles. The van der Waals surface area contributed by atoms with E-state index < -0.39 is 0 Å². The molecule has 8 heteroatoms. The Morgan fingerprint density at radius 3 is 2.41 bits per heavy atom. The van der Waals surface area contributed by atoms with Crippen molar-refractivity contribution in [3.63, 3.8) is 0 Å². The summed E-state index contributed by atoms with van der Waals surface area (Å²) in [4.78, 5) is 35.9. The number of piperidine rings is 1. The molecule has 6 rings (SSSR count). The van der Waals surface area contributed by atoms with Crippen LogP contribution in [0.15, 0.2) is 54.9 Å². The molecule has 2 aromatic heterocycles. The number of nitrogens with one attached hydrogen (secondary N) is 1. The number of anilines is 2. The average molecular weight is 495 g/mol. The first kappa shape index (κ1) is 23.2. The van der Waals surface area contributed by atoms with Gasteiger partial charge in [-0.15, -0.1) is 0 Å². The number of hydrogen-bond donors (Lipinski definition) is 2. The summed E-state index contributed by atoms with van der Waals surface area (Å²) in [6, 6.07) is 15.9. The highest BCUT2D eigenvalue weighted by Gasteiger charge is 2.40. The van der Waals surface area contributed by atoms with E-state index in [0.29, 0.717) is 29.8 Å². The van der Waals surface area contributed by atoms with Crippen molar-refractivity contribution in [2.45, 2.75) is 38.6 Å². The van der Waals surface area contributed by atoms with Gasteiger partial charge in [0.15, 0.2) is 0 Å². The fourth-order valence-electron chi connectivity index (χ4n) is 5.97. The lowest BCUT2D eigenvalue weighted by Crippen LogP contribution is -2.37. The van der Waals surface area contributed by atoms with E-state index in [2.05, 4.69) is 20.2 Å². The van der Waals surface area contributed by atoms with E-state index in [1.165, 1.54) is 12.7 Å². The highest BCUT2D eigenvalue weighted by Crippen LogP contribution is 2.42. The van der Waals surface area contributed by atoms with Gasteiger partial charge < -0.3 is 20.5 Å². The van der Waals surface area contributed by atoms with Gasteiger partial charge in [0.25, 0.3) is 5.91 Å². The van der Waals surface area contributed by atoms with E-state index in [4.69, 9.17) is 5.73 Å². The molecule has 3 N–H and O–H groups in total. The molecule has 1 saturated heterocycles. The third kappa shape index (κ3) is 3.93. The monoisotopic (exact) mass is 494 g/mol. The maximum absolute atomic E-state index is 13.2. The third-order valence-electron chi connectivity index (χ3n) is 7.85. The van der Waals surface area contributed by atoms with Crippen LogP contribution in [0, 0.1) is 5.92 Å². The third-order valence-corrected chi connectivity index (χ3v) is 7.85. The number of aryl methyl sites for hydroxylation is 1. The predicted octanol–water partition coefficient (Wildman–Crippen LogP) is 4.86. The summed E-state index contributed by atoms with van der Waals surface area (Å²) >= 11 is 0. The van der Waals surface area contributed by atoms with Gasteiger partial charge in [-0.25, -0.2) is 9.97 Å². The van der Waals surface area contributed by atoms with Crippen molar-refractivity contribution >= 4 is 34.4 Å². The normalized spacial score (nSPS) is 18.5. The molecule has 4 aromatic rings. The maximum Gasteiger partial charge on any atom is 0.254 e. The first-order valence-corrected chi connectivity index (χ1v) is 12.8. The number of nitrogens with two attached hydrogens (primary N) is 1. The van der Waals surface area contributed by atoms with Gasteiger partial charge in [0.2, 0.25) is 5.91 Å². The van der Waals surface area contributed by atoms with Crippen LogP contribution in [0.2, 0.25) is 0 Å². The highest BCUT2D eigenvalue weighted by molar-refractivity contribution is 6.08. The minimum atomic E-state index is -0.0301. The number of benzene rings is 2. The molecule has 2 unspecified atom stereocenters. The number of likely N-dealkylation sites (tertiary alicyclic amines) is 1. The molecule has 188 valence electrons. The second-order valence-electron chi connectivity index (χ2n) is 10.1. The fourth-order valence-corrected chi connectivity index (χ4v) is 5.97. The Balaban J connectivity index is 1.41. The van der Waals surface area contributed by atoms with E-state index in [0.717, 1.165) is 58.5 Å².